The third-order valence-corrected chi connectivity index (χ3v) is 6.48. The molecule has 0 atom stereocenters. The quantitative estimate of drug-likeness (QED) is 0.724. The Morgan fingerprint density at radius 3 is 2.75 bits per heavy atom. The Bertz CT molecular complexity index is 1110. The molecule has 0 unspecified atom stereocenters. The summed E-state index contributed by atoms with van der Waals surface area (Å²) < 4.78 is 33.2. The van der Waals surface area contributed by atoms with Crippen LogP contribution < -0.4 is 10.4 Å². The van der Waals surface area contributed by atoms with Gasteiger partial charge in [0.05, 0.1) is 15.9 Å². The normalized spacial score (nSPS) is 16.6. The van der Waals surface area contributed by atoms with Crippen molar-refractivity contribution in [2.24, 2.45) is 0 Å². The zero-order valence-electron chi connectivity index (χ0n) is 13.0. The topological polar surface area (TPSA) is 110 Å². The molecule has 2 N–H and O–H groups in total. The van der Waals surface area contributed by atoms with Crippen LogP contribution in [0.3, 0.4) is 0 Å². The van der Waals surface area contributed by atoms with Crippen LogP contribution in [0.25, 0.3) is 16.2 Å². The number of fused-ring (bicyclic) bond motifs is 1. The third-order valence-electron chi connectivity index (χ3n) is 4.05. The van der Waals surface area contributed by atoms with Crippen LogP contribution in [0.4, 0.5) is 0 Å². The summed E-state index contributed by atoms with van der Waals surface area (Å²) in [4.78, 5) is 19.3. The first kappa shape index (κ1) is 15.5. The molecular formula is C14H15N5O3S2. The number of nitrogens with one attached hydrogen (secondary N) is 2. The third kappa shape index (κ3) is 2.56. The van der Waals surface area contributed by atoms with Gasteiger partial charge in [-0.25, -0.2) is 27.5 Å². The lowest BCUT2D eigenvalue weighted by molar-refractivity contribution is 0.558. The zero-order chi connectivity index (χ0) is 17.1. The molecule has 126 valence electrons. The van der Waals surface area contributed by atoms with Gasteiger partial charge in [0.15, 0.2) is 0 Å². The molecule has 4 rings (SSSR count). The maximum Gasteiger partial charge on any atom is 0.332 e. The molecule has 0 saturated heterocycles. The standard InChI is InChI=1S/C14H15N5O3S2/c1-8-15-13(23-17-8)19-11-7-9(3-4-10(11)16-12(19)20)24(21,22)18-14(2)5-6-14/h3-4,7,18H,5-6H2,1-2H3,(H,16,20). The predicted octanol–water partition coefficient (Wildman–Crippen LogP) is 1.31. The Morgan fingerprint density at radius 2 is 2.12 bits per heavy atom. The first-order valence-electron chi connectivity index (χ1n) is 7.37. The molecule has 1 fully saturated rings. The molecule has 2 heterocycles. The molecule has 10 heteroatoms. The molecule has 0 amide bonds. The van der Waals surface area contributed by atoms with Crippen LogP contribution in [0.1, 0.15) is 25.6 Å². The summed E-state index contributed by atoms with van der Waals surface area (Å²) in [7, 11) is -3.64. The summed E-state index contributed by atoms with van der Waals surface area (Å²) in [6.45, 7) is 3.61. The van der Waals surface area contributed by atoms with E-state index in [1.165, 1.54) is 16.7 Å². The molecule has 0 spiro atoms. The van der Waals surface area contributed by atoms with Crippen LogP contribution in [0.5, 0.6) is 0 Å². The Hall–Kier alpha value is -2.04. The Labute approximate surface area is 141 Å². The second-order valence-corrected chi connectivity index (χ2v) is 8.65. The van der Waals surface area contributed by atoms with E-state index in [0.29, 0.717) is 22.0 Å². The van der Waals surface area contributed by atoms with Gasteiger partial charge in [-0.3, -0.25) is 0 Å². The maximum atomic E-state index is 12.6. The number of sulfonamides is 1. The summed E-state index contributed by atoms with van der Waals surface area (Å²) in [6.07, 6.45) is 1.65. The first-order valence-corrected chi connectivity index (χ1v) is 9.63. The van der Waals surface area contributed by atoms with E-state index in [1.807, 2.05) is 6.92 Å². The number of aryl methyl sites for hydroxylation is 1. The van der Waals surface area contributed by atoms with Crippen molar-refractivity contribution >= 4 is 32.6 Å². The number of hydrogen-bond acceptors (Lipinski definition) is 6. The minimum Gasteiger partial charge on any atom is -0.305 e. The molecule has 1 aliphatic carbocycles. The molecule has 0 radical (unpaired) electrons. The molecule has 1 saturated carbocycles. The summed E-state index contributed by atoms with van der Waals surface area (Å²) in [6, 6.07) is 4.56. The number of aromatic amines is 1. The van der Waals surface area contributed by atoms with E-state index in [4.69, 9.17) is 0 Å². The van der Waals surface area contributed by atoms with Crippen molar-refractivity contribution in [2.75, 3.05) is 0 Å². The molecule has 2 aromatic heterocycles. The molecule has 0 bridgehead atoms. The monoisotopic (exact) mass is 365 g/mol. The second kappa shape index (κ2) is 4.98. The smallest absolute Gasteiger partial charge is 0.305 e. The van der Waals surface area contributed by atoms with E-state index in [1.54, 1.807) is 13.0 Å². The number of nitrogens with zero attached hydrogens (tertiary/aromatic N) is 3. The fourth-order valence-electron chi connectivity index (χ4n) is 2.49. The lowest BCUT2D eigenvalue weighted by Crippen LogP contribution is -2.34. The summed E-state index contributed by atoms with van der Waals surface area (Å²) >= 11 is 1.09. The van der Waals surface area contributed by atoms with Crippen molar-refractivity contribution in [1.29, 1.82) is 0 Å². The molecular weight excluding hydrogens is 350 g/mol. The lowest BCUT2D eigenvalue weighted by Gasteiger charge is -2.12. The number of benzene rings is 1. The number of H-pyrrole nitrogens is 1. The largest absolute Gasteiger partial charge is 0.332 e. The van der Waals surface area contributed by atoms with Crippen LogP contribution in [0, 0.1) is 6.92 Å². The highest BCUT2D eigenvalue weighted by atomic mass is 32.2. The minimum absolute atomic E-state index is 0.122. The molecule has 0 aliphatic heterocycles. The summed E-state index contributed by atoms with van der Waals surface area (Å²) in [5.41, 5.74) is 0.268. The minimum atomic E-state index is -3.64. The second-order valence-electron chi connectivity index (χ2n) is 6.23. The summed E-state index contributed by atoms with van der Waals surface area (Å²) in [5, 5.41) is 0.403. The number of rotatable bonds is 4. The van der Waals surface area contributed by atoms with Crippen LogP contribution in [-0.4, -0.2) is 32.9 Å². The summed E-state index contributed by atoms with van der Waals surface area (Å²) in [5.74, 6) is 0.559. The average Bonchev–Trinajstić information content (AvgIpc) is 2.92. The van der Waals surface area contributed by atoms with Crippen LogP contribution in [-0.2, 0) is 10.0 Å². The average molecular weight is 365 g/mol. The van der Waals surface area contributed by atoms with Crippen LogP contribution in [0.15, 0.2) is 27.9 Å². The van der Waals surface area contributed by atoms with E-state index in [-0.39, 0.29) is 16.1 Å². The maximum absolute atomic E-state index is 12.6. The van der Waals surface area contributed by atoms with Crippen LogP contribution in [0.2, 0.25) is 0 Å². The van der Waals surface area contributed by atoms with E-state index >= 15 is 0 Å². The van der Waals surface area contributed by atoms with Gasteiger partial charge in [0, 0.05) is 17.1 Å². The number of imidazole rings is 1. The highest BCUT2D eigenvalue weighted by Gasteiger charge is 2.41. The van der Waals surface area contributed by atoms with Crippen molar-refractivity contribution in [1.82, 2.24) is 23.6 Å². The first-order chi connectivity index (χ1) is 11.3. The van der Waals surface area contributed by atoms with Crippen molar-refractivity contribution in [3.05, 3.63) is 34.5 Å². The fourth-order valence-corrected chi connectivity index (χ4v) is 4.66. The van der Waals surface area contributed by atoms with E-state index in [0.717, 1.165) is 24.4 Å². The molecule has 24 heavy (non-hydrogen) atoms. The number of hydrogen-bond donors (Lipinski definition) is 2. The highest BCUT2D eigenvalue weighted by Crippen LogP contribution is 2.36. The lowest BCUT2D eigenvalue weighted by atomic mass is 10.3. The van der Waals surface area contributed by atoms with Crippen LogP contribution >= 0.6 is 11.5 Å². The van der Waals surface area contributed by atoms with E-state index in [9.17, 15) is 13.2 Å². The highest BCUT2D eigenvalue weighted by molar-refractivity contribution is 7.89. The Balaban J connectivity index is 1.87. The van der Waals surface area contributed by atoms with Gasteiger partial charge in [-0.2, -0.15) is 4.37 Å². The Kier molecular flexibility index (Phi) is 3.21. The van der Waals surface area contributed by atoms with Gasteiger partial charge in [0.1, 0.15) is 5.82 Å². The zero-order valence-corrected chi connectivity index (χ0v) is 14.7. The van der Waals surface area contributed by atoms with Gasteiger partial charge in [-0.05, 0) is 44.9 Å². The van der Waals surface area contributed by atoms with Gasteiger partial charge in [-0.1, -0.05) is 0 Å². The van der Waals surface area contributed by atoms with Crippen molar-refractivity contribution in [3.63, 3.8) is 0 Å². The van der Waals surface area contributed by atoms with Gasteiger partial charge < -0.3 is 4.98 Å². The van der Waals surface area contributed by atoms with Crippen molar-refractivity contribution in [2.45, 2.75) is 37.1 Å². The van der Waals surface area contributed by atoms with E-state index in [2.05, 4.69) is 19.1 Å². The van der Waals surface area contributed by atoms with Gasteiger partial charge in [0.2, 0.25) is 15.2 Å². The Morgan fingerprint density at radius 1 is 1.38 bits per heavy atom. The van der Waals surface area contributed by atoms with Crippen molar-refractivity contribution < 1.29 is 8.42 Å². The molecule has 1 aromatic carbocycles. The fraction of sp³-hybridized carbons (Fsp3) is 0.357. The van der Waals surface area contributed by atoms with Gasteiger partial charge in [-0.15, -0.1) is 0 Å². The molecule has 3 aromatic rings. The SMILES string of the molecule is Cc1nsc(-n2c(=O)[nH]c3ccc(S(=O)(=O)NC4(C)CC4)cc32)n1. The van der Waals surface area contributed by atoms with Gasteiger partial charge in [0.25, 0.3) is 0 Å². The van der Waals surface area contributed by atoms with E-state index < -0.39 is 10.0 Å². The molecule has 8 nitrogen and oxygen atoms in total. The van der Waals surface area contributed by atoms with Gasteiger partial charge >= 0.3 is 5.69 Å². The number of aromatic nitrogens is 4. The van der Waals surface area contributed by atoms with Crippen molar-refractivity contribution in [3.8, 4) is 5.13 Å². The predicted molar refractivity (Wildman–Crippen MR) is 90.1 cm³/mol. The molecule has 1 aliphatic rings.